The van der Waals surface area contributed by atoms with Crippen LogP contribution in [-0.4, -0.2) is 47.9 Å². The number of ether oxygens (including phenoxy) is 1. The number of nitrogens with zero attached hydrogens (tertiary/aromatic N) is 4. The fourth-order valence-corrected chi connectivity index (χ4v) is 2.21. The third kappa shape index (κ3) is 4.90. The summed E-state index contributed by atoms with van der Waals surface area (Å²) in [7, 11) is 5.07. The van der Waals surface area contributed by atoms with E-state index in [2.05, 4.69) is 19.7 Å². The number of esters is 1. The van der Waals surface area contributed by atoms with Crippen molar-refractivity contribution in [2.24, 2.45) is 5.92 Å². The lowest BCUT2D eigenvalue weighted by Crippen LogP contribution is -2.17. The van der Waals surface area contributed by atoms with Crippen LogP contribution in [-0.2, 0) is 15.3 Å². The average molecular weight is 285 g/mol. The molecule has 1 rings (SSSR count). The summed E-state index contributed by atoms with van der Waals surface area (Å²) in [5.41, 5.74) is 5.63. The molecule has 0 fully saturated rings. The number of carbonyl (C=O) groups is 1. The quantitative estimate of drug-likeness (QED) is 0.758. The molecular formula is C11H19N5O2S. The van der Waals surface area contributed by atoms with Crippen LogP contribution in [0.1, 0.15) is 12.7 Å². The van der Waals surface area contributed by atoms with Crippen molar-refractivity contribution >= 4 is 29.6 Å². The molecule has 0 aromatic carbocycles. The highest BCUT2D eigenvalue weighted by molar-refractivity contribution is 7.98. The molecule has 0 radical (unpaired) electrons. The smallest absolute Gasteiger partial charge is 0.309 e. The number of hydrogen-bond donors (Lipinski definition) is 1. The van der Waals surface area contributed by atoms with Gasteiger partial charge in [0.15, 0.2) is 0 Å². The second-order valence-corrected chi connectivity index (χ2v) is 5.27. The lowest BCUT2D eigenvalue weighted by atomic mass is 10.2. The van der Waals surface area contributed by atoms with Crippen LogP contribution in [0.2, 0.25) is 0 Å². The van der Waals surface area contributed by atoms with Crippen LogP contribution in [0.4, 0.5) is 11.9 Å². The molecule has 7 nitrogen and oxygen atoms in total. The van der Waals surface area contributed by atoms with Crippen molar-refractivity contribution < 1.29 is 9.53 Å². The van der Waals surface area contributed by atoms with Crippen molar-refractivity contribution in [3.63, 3.8) is 0 Å². The Bertz CT molecular complexity index is 441. The summed E-state index contributed by atoms with van der Waals surface area (Å²) in [5.74, 6) is 2.21. The zero-order valence-corrected chi connectivity index (χ0v) is 12.4. The Morgan fingerprint density at radius 1 is 1.42 bits per heavy atom. The third-order valence-electron chi connectivity index (χ3n) is 2.29. The van der Waals surface area contributed by atoms with Gasteiger partial charge in [-0.2, -0.15) is 26.7 Å². The fourth-order valence-electron chi connectivity index (χ4n) is 1.29. The first-order chi connectivity index (χ1) is 8.93. The van der Waals surface area contributed by atoms with E-state index in [1.807, 2.05) is 21.0 Å². The van der Waals surface area contributed by atoms with Gasteiger partial charge in [-0.25, -0.2) is 0 Å². The van der Waals surface area contributed by atoms with Crippen LogP contribution in [0.5, 0.6) is 0 Å². The maximum Gasteiger partial charge on any atom is 0.309 e. The summed E-state index contributed by atoms with van der Waals surface area (Å²) in [4.78, 5) is 25.4. The summed E-state index contributed by atoms with van der Waals surface area (Å²) in [6.07, 6.45) is 0. The Kier molecular flexibility index (Phi) is 5.81. The predicted octanol–water partition coefficient (Wildman–Crippen LogP) is 0.562. The van der Waals surface area contributed by atoms with Gasteiger partial charge >= 0.3 is 5.97 Å². The molecule has 1 heterocycles. The number of methoxy groups -OCH3 is 1. The highest BCUT2D eigenvalue weighted by atomic mass is 32.2. The first kappa shape index (κ1) is 15.5. The summed E-state index contributed by atoms with van der Waals surface area (Å²) < 4.78 is 4.66. The molecular weight excluding hydrogens is 266 g/mol. The number of thioether (sulfide) groups is 1. The number of nitrogen functional groups attached to an aromatic ring is 1. The molecule has 1 aromatic heterocycles. The normalized spacial score (nSPS) is 12.0. The van der Waals surface area contributed by atoms with Gasteiger partial charge in [-0.1, -0.05) is 6.92 Å². The van der Waals surface area contributed by atoms with E-state index in [1.165, 1.54) is 7.11 Å². The number of rotatable bonds is 6. The van der Waals surface area contributed by atoms with E-state index in [9.17, 15) is 4.79 Å². The zero-order chi connectivity index (χ0) is 14.4. The molecule has 1 atom stereocenters. The van der Waals surface area contributed by atoms with Crippen molar-refractivity contribution in [2.45, 2.75) is 12.7 Å². The van der Waals surface area contributed by atoms with E-state index in [-0.39, 0.29) is 17.8 Å². The van der Waals surface area contributed by atoms with E-state index in [4.69, 9.17) is 5.73 Å². The largest absolute Gasteiger partial charge is 0.469 e. The van der Waals surface area contributed by atoms with Crippen molar-refractivity contribution in [3.05, 3.63) is 5.82 Å². The van der Waals surface area contributed by atoms with Gasteiger partial charge in [0.05, 0.1) is 18.8 Å². The van der Waals surface area contributed by atoms with Gasteiger partial charge in [0.25, 0.3) is 0 Å². The average Bonchev–Trinajstić information content (AvgIpc) is 2.36. The Morgan fingerprint density at radius 2 is 2.11 bits per heavy atom. The van der Waals surface area contributed by atoms with E-state index in [1.54, 1.807) is 16.7 Å². The number of hydrogen-bond acceptors (Lipinski definition) is 8. The van der Waals surface area contributed by atoms with Gasteiger partial charge in [0.2, 0.25) is 11.9 Å². The minimum Gasteiger partial charge on any atom is -0.469 e. The Balaban J connectivity index is 2.56. The van der Waals surface area contributed by atoms with Crippen LogP contribution in [0.3, 0.4) is 0 Å². The molecule has 0 amide bonds. The maximum atomic E-state index is 11.2. The predicted molar refractivity (Wildman–Crippen MR) is 75.9 cm³/mol. The summed E-state index contributed by atoms with van der Waals surface area (Å²) in [6, 6.07) is 0. The molecule has 2 N–H and O–H groups in total. The molecule has 1 unspecified atom stereocenters. The molecule has 19 heavy (non-hydrogen) atoms. The Labute approximate surface area is 117 Å². The van der Waals surface area contributed by atoms with Crippen molar-refractivity contribution in [3.8, 4) is 0 Å². The molecule has 0 aliphatic carbocycles. The minimum absolute atomic E-state index is 0.150. The number of aromatic nitrogens is 3. The van der Waals surface area contributed by atoms with Crippen molar-refractivity contribution in [2.75, 3.05) is 37.6 Å². The van der Waals surface area contributed by atoms with Gasteiger partial charge < -0.3 is 15.4 Å². The fraction of sp³-hybridized carbons (Fsp3) is 0.636. The van der Waals surface area contributed by atoms with E-state index in [0.717, 1.165) is 0 Å². The molecule has 0 saturated carbocycles. The van der Waals surface area contributed by atoms with E-state index >= 15 is 0 Å². The molecule has 0 saturated heterocycles. The SMILES string of the molecule is COC(=O)C(C)CSCc1nc(N)nc(N(C)C)n1. The van der Waals surface area contributed by atoms with Gasteiger partial charge in [-0.15, -0.1) is 0 Å². The van der Waals surface area contributed by atoms with Crippen LogP contribution in [0.15, 0.2) is 0 Å². The first-order valence-electron chi connectivity index (χ1n) is 5.77. The number of nitrogens with two attached hydrogens (primary N) is 1. The lowest BCUT2D eigenvalue weighted by molar-refractivity contribution is -0.143. The highest BCUT2D eigenvalue weighted by Gasteiger charge is 2.13. The van der Waals surface area contributed by atoms with E-state index in [0.29, 0.717) is 23.3 Å². The molecule has 8 heteroatoms. The van der Waals surface area contributed by atoms with Gasteiger partial charge in [-0.05, 0) is 0 Å². The molecule has 0 aliphatic heterocycles. The molecule has 0 bridgehead atoms. The monoisotopic (exact) mass is 285 g/mol. The van der Waals surface area contributed by atoms with Gasteiger partial charge in [-0.3, -0.25) is 4.79 Å². The molecule has 106 valence electrons. The van der Waals surface area contributed by atoms with Gasteiger partial charge in [0.1, 0.15) is 5.82 Å². The zero-order valence-electron chi connectivity index (χ0n) is 11.6. The van der Waals surface area contributed by atoms with Crippen molar-refractivity contribution in [1.82, 2.24) is 15.0 Å². The maximum absolute atomic E-state index is 11.2. The molecule has 1 aromatic rings. The highest BCUT2D eigenvalue weighted by Crippen LogP contribution is 2.15. The second kappa shape index (κ2) is 7.13. The second-order valence-electron chi connectivity index (χ2n) is 4.24. The standard InChI is InChI=1S/C11H19N5O2S/c1-7(9(17)18-4)5-19-6-8-13-10(12)15-11(14-8)16(2)3/h7H,5-6H2,1-4H3,(H2,12,13,14,15). The van der Waals surface area contributed by atoms with Crippen molar-refractivity contribution in [1.29, 1.82) is 0 Å². The van der Waals surface area contributed by atoms with E-state index < -0.39 is 0 Å². The number of anilines is 2. The molecule has 0 aliphatic rings. The summed E-state index contributed by atoms with van der Waals surface area (Å²) in [6.45, 7) is 1.83. The third-order valence-corrected chi connectivity index (χ3v) is 3.49. The van der Waals surface area contributed by atoms with Crippen LogP contribution < -0.4 is 10.6 Å². The Morgan fingerprint density at radius 3 is 2.68 bits per heavy atom. The van der Waals surface area contributed by atoms with Crippen LogP contribution >= 0.6 is 11.8 Å². The molecule has 0 spiro atoms. The van der Waals surface area contributed by atoms with Gasteiger partial charge in [0, 0.05) is 19.8 Å². The van der Waals surface area contributed by atoms with Crippen LogP contribution in [0, 0.1) is 5.92 Å². The summed E-state index contributed by atoms with van der Waals surface area (Å²) in [5, 5.41) is 0. The van der Waals surface area contributed by atoms with Crippen LogP contribution in [0.25, 0.3) is 0 Å². The summed E-state index contributed by atoms with van der Waals surface area (Å²) >= 11 is 1.56. The Hall–Kier alpha value is -1.57. The topological polar surface area (TPSA) is 94.2 Å². The lowest BCUT2D eigenvalue weighted by Gasteiger charge is -2.12. The minimum atomic E-state index is -0.211. The number of carbonyl (C=O) groups excluding carboxylic acids is 1. The first-order valence-corrected chi connectivity index (χ1v) is 6.92.